The molecular weight excluding hydrogens is 525 g/mol. The van der Waals surface area contributed by atoms with E-state index in [9.17, 15) is 18.0 Å². The maximum absolute atomic E-state index is 13.0. The molecule has 208 valence electrons. The number of carbonyl (C=O) groups is 1. The molecule has 1 aliphatic heterocycles. The van der Waals surface area contributed by atoms with Crippen molar-refractivity contribution >= 4 is 11.6 Å². The second-order valence-corrected chi connectivity index (χ2v) is 10.4. The number of nitrogens with zero attached hydrogens (tertiary/aromatic N) is 4. The number of hydrogen-bond acceptors (Lipinski definition) is 3. The smallest absolute Gasteiger partial charge is 0.336 e. The Bertz CT molecular complexity index is 1690. The molecule has 8 heteroatoms. The summed E-state index contributed by atoms with van der Waals surface area (Å²) >= 11 is 0. The van der Waals surface area contributed by atoms with Crippen LogP contribution in [0.2, 0.25) is 0 Å². The summed E-state index contributed by atoms with van der Waals surface area (Å²) in [4.78, 5) is 22.0. The van der Waals surface area contributed by atoms with E-state index in [-0.39, 0.29) is 11.5 Å². The third-order valence-electron chi connectivity index (χ3n) is 7.61. The van der Waals surface area contributed by atoms with Crippen LogP contribution in [-0.2, 0) is 12.7 Å². The first-order valence-corrected chi connectivity index (χ1v) is 13.6. The van der Waals surface area contributed by atoms with Crippen molar-refractivity contribution in [2.24, 2.45) is 0 Å². The van der Waals surface area contributed by atoms with Crippen LogP contribution in [0.3, 0.4) is 0 Å². The zero-order valence-electron chi connectivity index (χ0n) is 22.6. The van der Waals surface area contributed by atoms with Gasteiger partial charge in [0.2, 0.25) is 0 Å². The number of rotatable bonds is 5. The topological polar surface area (TPSA) is 40.9 Å². The molecule has 2 aromatic heterocycles. The van der Waals surface area contributed by atoms with E-state index in [2.05, 4.69) is 64.9 Å². The number of piperazine rings is 1. The van der Waals surface area contributed by atoms with Crippen molar-refractivity contribution < 1.29 is 18.0 Å². The van der Waals surface area contributed by atoms with E-state index in [4.69, 9.17) is 4.98 Å². The number of carbonyl (C=O) groups excluding carboxylic acids is 1. The van der Waals surface area contributed by atoms with Gasteiger partial charge in [-0.3, -0.25) is 9.69 Å². The maximum atomic E-state index is 13.0. The van der Waals surface area contributed by atoms with Gasteiger partial charge in [-0.1, -0.05) is 60.2 Å². The van der Waals surface area contributed by atoms with Crippen LogP contribution in [0.4, 0.5) is 13.2 Å². The molecule has 6 rings (SSSR count). The molecule has 1 aliphatic rings. The highest BCUT2D eigenvalue weighted by Gasteiger charge is 2.31. The van der Waals surface area contributed by atoms with Crippen molar-refractivity contribution in [2.75, 3.05) is 26.2 Å². The molecule has 0 spiro atoms. The number of halogens is 3. The average Bonchev–Trinajstić information content (AvgIpc) is 3.34. The number of imidazole rings is 1. The van der Waals surface area contributed by atoms with E-state index in [0.29, 0.717) is 32.7 Å². The van der Waals surface area contributed by atoms with Crippen LogP contribution in [0.15, 0.2) is 97.2 Å². The number of fused-ring (bicyclic) bond motifs is 1. The number of hydrogen-bond donors (Lipinski definition) is 0. The molecule has 0 saturated carbocycles. The lowest BCUT2D eigenvalue weighted by Crippen LogP contribution is -2.48. The van der Waals surface area contributed by atoms with Gasteiger partial charge in [0.05, 0.1) is 17.0 Å². The van der Waals surface area contributed by atoms with Crippen molar-refractivity contribution in [1.82, 2.24) is 19.2 Å². The van der Waals surface area contributed by atoms with E-state index in [1.807, 2.05) is 24.3 Å². The minimum atomic E-state index is -4.43. The van der Waals surface area contributed by atoms with Gasteiger partial charge in [0.1, 0.15) is 5.65 Å². The molecule has 5 aromatic rings. The minimum Gasteiger partial charge on any atom is -0.336 e. The van der Waals surface area contributed by atoms with E-state index in [0.717, 1.165) is 45.9 Å². The van der Waals surface area contributed by atoms with Crippen LogP contribution in [0.1, 0.15) is 27.2 Å². The van der Waals surface area contributed by atoms with Gasteiger partial charge in [0.15, 0.2) is 0 Å². The van der Waals surface area contributed by atoms with Crippen LogP contribution in [0, 0.1) is 6.92 Å². The first-order valence-electron chi connectivity index (χ1n) is 13.6. The minimum absolute atomic E-state index is 0.249. The second-order valence-electron chi connectivity index (χ2n) is 10.4. The quantitative estimate of drug-likeness (QED) is 0.236. The summed E-state index contributed by atoms with van der Waals surface area (Å²) in [6, 6.07) is 27.1. The van der Waals surface area contributed by atoms with Gasteiger partial charge in [-0.15, -0.1) is 0 Å². The van der Waals surface area contributed by atoms with Crippen LogP contribution < -0.4 is 0 Å². The Labute approximate surface area is 236 Å². The number of aromatic nitrogens is 2. The van der Waals surface area contributed by atoms with Crippen LogP contribution in [0.5, 0.6) is 0 Å². The predicted octanol–water partition coefficient (Wildman–Crippen LogP) is 6.95. The summed E-state index contributed by atoms with van der Waals surface area (Å²) in [5.41, 5.74) is 6.86. The molecule has 0 N–H and O–H groups in total. The van der Waals surface area contributed by atoms with Crippen LogP contribution in [0.25, 0.3) is 28.0 Å². The van der Waals surface area contributed by atoms with Crippen molar-refractivity contribution in [3.8, 4) is 22.4 Å². The van der Waals surface area contributed by atoms with Gasteiger partial charge in [-0.05, 0) is 54.4 Å². The molecule has 0 aliphatic carbocycles. The fourth-order valence-corrected chi connectivity index (χ4v) is 5.37. The lowest BCUT2D eigenvalue weighted by molar-refractivity contribution is -0.137. The van der Waals surface area contributed by atoms with Crippen molar-refractivity contribution in [3.05, 3.63) is 120 Å². The highest BCUT2D eigenvalue weighted by molar-refractivity contribution is 5.94. The third-order valence-corrected chi connectivity index (χ3v) is 7.61. The maximum Gasteiger partial charge on any atom is 0.416 e. The lowest BCUT2D eigenvalue weighted by Gasteiger charge is -2.34. The first-order chi connectivity index (χ1) is 19.8. The first kappa shape index (κ1) is 26.8. The Morgan fingerprint density at radius 3 is 2.20 bits per heavy atom. The van der Waals surface area contributed by atoms with Gasteiger partial charge >= 0.3 is 6.18 Å². The molecule has 3 aromatic carbocycles. The zero-order chi connectivity index (χ0) is 28.6. The fourth-order valence-electron chi connectivity index (χ4n) is 5.37. The van der Waals surface area contributed by atoms with E-state index in [1.165, 1.54) is 17.7 Å². The largest absolute Gasteiger partial charge is 0.416 e. The monoisotopic (exact) mass is 554 g/mol. The molecule has 1 saturated heterocycles. The number of pyridine rings is 1. The summed E-state index contributed by atoms with van der Waals surface area (Å²) < 4.78 is 40.9. The van der Waals surface area contributed by atoms with Gasteiger partial charge in [-0.2, -0.15) is 13.2 Å². The Morgan fingerprint density at radius 2 is 1.51 bits per heavy atom. The second kappa shape index (κ2) is 10.9. The number of aryl methyl sites for hydroxylation is 1. The Hall–Kier alpha value is -4.43. The molecule has 0 unspecified atom stereocenters. The molecule has 3 heterocycles. The number of alkyl halides is 3. The van der Waals surface area contributed by atoms with Crippen LogP contribution >= 0.6 is 0 Å². The average molecular weight is 555 g/mol. The van der Waals surface area contributed by atoms with Crippen molar-refractivity contribution in [2.45, 2.75) is 19.6 Å². The Morgan fingerprint density at radius 1 is 0.805 bits per heavy atom. The van der Waals surface area contributed by atoms with Gasteiger partial charge in [-0.25, -0.2) is 4.98 Å². The zero-order valence-corrected chi connectivity index (χ0v) is 22.6. The molecular formula is C33H29F3N4O. The molecule has 0 atom stereocenters. The predicted molar refractivity (Wildman–Crippen MR) is 153 cm³/mol. The number of amides is 1. The molecule has 41 heavy (non-hydrogen) atoms. The highest BCUT2D eigenvalue weighted by Crippen LogP contribution is 2.30. The lowest BCUT2D eigenvalue weighted by atomic mass is 10.1. The van der Waals surface area contributed by atoms with E-state index >= 15 is 0 Å². The Kier molecular flexibility index (Phi) is 7.09. The Balaban J connectivity index is 1.24. The van der Waals surface area contributed by atoms with Crippen LogP contribution in [-0.4, -0.2) is 51.3 Å². The highest BCUT2D eigenvalue weighted by atomic mass is 19.4. The van der Waals surface area contributed by atoms with E-state index < -0.39 is 11.7 Å². The summed E-state index contributed by atoms with van der Waals surface area (Å²) in [5.74, 6) is -0.249. The van der Waals surface area contributed by atoms with E-state index in [1.54, 1.807) is 4.90 Å². The molecule has 0 bridgehead atoms. The summed E-state index contributed by atoms with van der Waals surface area (Å²) in [5, 5.41) is 0. The normalized spacial score (nSPS) is 14.5. The van der Waals surface area contributed by atoms with Crippen molar-refractivity contribution in [1.29, 1.82) is 0 Å². The molecule has 1 fully saturated rings. The standard InChI is InChI=1S/C33H29F3N4O/c1-23-6-5-9-26(20-23)27-12-15-30-37-31(24-7-3-2-4-8-24)29(40(30)21-27)22-38-16-18-39(19-17-38)32(41)25-10-13-28(14-11-25)33(34,35)36/h2-15,20-21H,16-19,22H2,1H3. The molecule has 0 radical (unpaired) electrons. The third kappa shape index (κ3) is 5.60. The SMILES string of the molecule is Cc1cccc(-c2ccc3nc(-c4ccccc4)c(CN4CCN(C(=O)c5ccc(C(F)(F)F)cc5)CC4)n3c2)c1. The fraction of sp³-hybridized carbons (Fsp3) is 0.212. The van der Waals surface area contributed by atoms with Crippen molar-refractivity contribution in [3.63, 3.8) is 0 Å². The summed E-state index contributed by atoms with van der Waals surface area (Å²) in [7, 11) is 0. The summed E-state index contributed by atoms with van der Waals surface area (Å²) in [6.07, 6.45) is -2.28. The van der Waals surface area contributed by atoms with Gasteiger partial charge < -0.3 is 9.30 Å². The summed E-state index contributed by atoms with van der Waals surface area (Å²) in [6.45, 7) is 5.00. The molecule has 5 nitrogen and oxygen atoms in total. The molecule has 1 amide bonds. The van der Waals surface area contributed by atoms with Gasteiger partial charge in [0.25, 0.3) is 5.91 Å². The van der Waals surface area contributed by atoms with Gasteiger partial charge in [0, 0.05) is 50.0 Å². The number of benzene rings is 3.